The Morgan fingerprint density at radius 1 is 1.32 bits per heavy atom. The van der Waals surface area contributed by atoms with E-state index in [0.717, 1.165) is 17.7 Å². The summed E-state index contributed by atoms with van der Waals surface area (Å²) < 4.78 is 5.44. The second kappa shape index (κ2) is 6.25. The van der Waals surface area contributed by atoms with E-state index in [-0.39, 0.29) is 23.0 Å². The Balaban J connectivity index is 1.83. The molecule has 3 rings (SSSR count). The van der Waals surface area contributed by atoms with Crippen molar-refractivity contribution in [3.63, 3.8) is 0 Å². The average molecular weight is 362 g/mol. The molecule has 0 unspecified atom stereocenters. The molecule has 1 aliphatic heterocycles. The van der Waals surface area contributed by atoms with Crippen molar-refractivity contribution in [2.24, 2.45) is 0 Å². The Kier molecular flexibility index (Phi) is 4.54. The van der Waals surface area contributed by atoms with Gasteiger partial charge in [0.2, 0.25) is 0 Å². The summed E-state index contributed by atoms with van der Waals surface area (Å²) in [6.07, 6.45) is 1.83. The fourth-order valence-corrected chi connectivity index (χ4v) is 4.65. The maximum Gasteiger partial charge on any atom is 0.257 e. The Morgan fingerprint density at radius 3 is 2.52 bits per heavy atom. The zero-order valence-corrected chi connectivity index (χ0v) is 16.7. The number of nitrogens with one attached hydrogen (secondary N) is 1. The molecule has 25 heavy (non-hydrogen) atoms. The minimum absolute atomic E-state index is 0.0277. The molecule has 6 heteroatoms. The fraction of sp³-hybridized carbons (Fsp3) is 0.579. The molecule has 0 aromatic carbocycles. The predicted octanol–water partition coefficient (Wildman–Crippen LogP) is 4.09. The van der Waals surface area contributed by atoms with Crippen LogP contribution in [0.25, 0.3) is 10.6 Å². The molecule has 0 spiro atoms. The first-order valence-electron chi connectivity index (χ1n) is 8.67. The molecule has 0 saturated carbocycles. The summed E-state index contributed by atoms with van der Waals surface area (Å²) in [4.78, 5) is 16.3. The van der Waals surface area contributed by atoms with E-state index in [2.05, 4.69) is 50.1 Å². The second-order valence-electron chi connectivity index (χ2n) is 8.21. The minimum Gasteiger partial charge on any atom is -0.354 e. The van der Waals surface area contributed by atoms with Crippen LogP contribution in [0.4, 0.5) is 0 Å². The Morgan fingerprint density at radius 2 is 1.96 bits per heavy atom. The number of hydrogen-bond acceptors (Lipinski definition) is 5. The van der Waals surface area contributed by atoms with Gasteiger partial charge in [-0.3, -0.25) is 9.69 Å². The number of hydrogen-bond donors (Lipinski definition) is 1. The van der Waals surface area contributed by atoms with Crippen molar-refractivity contribution in [1.29, 1.82) is 0 Å². The van der Waals surface area contributed by atoms with Crippen LogP contribution in [0, 0.1) is 6.92 Å². The van der Waals surface area contributed by atoms with Crippen molar-refractivity contribution in [2.75, 3.05) is 7.05 Å². The van der Waals surface area contributed by atoms with Crippen molar-refractivity contribution in [1.82, 2.24) is 15.4 Å². The van der Waals surface area contributed by atoms with E-state index in [1.807, 2.05) is 24.4 Å². The van der Waals surface area contributed by atoms with Gasteiger partial charge in [-0.15, -0.1) is 11.3 Å². The van der Waals surface area contributed by atoms with Crippen LogP contribution in [0.5, 0.6) is 0 Å². The molecule has 2 aromatic rings. The summed E-state index contributed by atoms with van der Waals surface area (Å²) in [5.41, 5.74) is 1.24. The molecular formula is C19H27N3O2S. The third-order valence-electron chi connectivity index (χ3n) is 5.48. The Hall–Kier alpha value is -1.66. The van der Waals surface area contributed by atoms with Crippen LogP contribution in [0.3, 0.4) is 0 Å². The van der Waals surface area contributed by atoms with E-state index in [4.69, 9.17) is 4.52 Å². The van der Waals surface area contributed by atoms with E-state index >= 15 is 0 Å². The number of aromatic nitrogens is 1. The molecule has 1 amide bonds. The molecule has 0 bridgehead atoms. The van der Waals surface area contributed by atoms with Crippen molar-refractivity contribution < 1.29 is 9.32 Å². The van der Waals surface area contributed by atoms with Crippen LogP contribution in [0.1, 0.15) is 56.6 Å². The number of likely N-dealkylation sites (tertiary alicyclic amines) is 1. The summed E-state index contributed by atoms with van der Waals surface area (Å²) in [7, 11) is 2.16. The number of carbonyl (C=O) groups is 1. The zero-order valence-electron chi connectivity index (χ0n) is 15.8. The van der Waals surface area contributed by atoms with Gasteiger partial charge in [0.25, 0.3) is 5.91 Å². The first-order chi connectivity index (χ1) is 11.6. The van der Waals surface area contributed by atoms with Crippen LogP contribution in [-0.2, 0) is 0 Å². The Labute approximate surface area is 153 Å². The van der Waals surface area contributed by atoms with Gasteiger partial charge in [0.1, 0.15) is 5.56 Å². The molecule has 2 aromatic heterocycles. The van der Waals surface area contributed by atoms with E-state index < -0.39 is 0 Å². The normalized spacial score (nSPS) is 20.6. The highest BCUT2D eigenvalue weighted by molar-refractivity contribution is 7.13. The smallest absolute Gasteiger partial charge is 0.257 e. The summed E-state index contributed by atoms with van der Waals surface area (Å²) in [5, 5.41) is 9.22. The average Bonchev–Trinajstić information content (AvgIpc) is 3.12. The Bertz CT molecular complexity index is 744. The molecule has 0 atom stereocenters. The number of nitrogens with zero attached hydrogens (tertiary/aromatic N) is 2. The van der Waals surface area contributed by atoms with Gasteiger partial charge in [0, 0.05) is 17.1 Å². The monoisotopic (exact) mass is 361 g/mol. The van der Waals surface area contributed by atoms with Crippen LogP contribution < -0.4 is 5.32 Å². The number of carbonyl (C=O) groups excluding carboxylic acids is 1. The SMILES string of the molecule is Cc1noc(-c2cccs2)c1C(=O)NC1CC(C)(C)N(C)C(C)(C)C1. The quantitative estimate of drug-likeness (QED) is 0.894. The lowest BCUT2D eigenvalue weighted by Gasteiger charge is -2.53. The standard InChI is InChI=1S/C19H27N3O2S/c1-12-15(16(24-21-12)14-8-7-9-25-14)17(23)20-13-10-18(2,3)22(6)19(4,5)11-13/h7-9,13H,10-11H2,1-6H3,(H,20,23). The highest BCUT2D eigenvalue weighted by atomic mass is 32.1. The van der Waals surface area contributed by atoms with Crippen LogP contribution >= 0.6 is 11.3 Å². The third-order valence-corrected chi connectivity index (χ3v) is 6.35. The summed E-state index contributed by atoms with van der Waals surface area (Å²) in [6, 6.07) is 4.02. The van der Waals surface area contributed by atoms with Crippen molar-refractivity contribution in [2.45, 2.75) is 64.6 Å². The lowest BCUT2D eigenvalue weighted by molar-refractivity contribution is -0.0169. The van der Waals surface area contributed by atoms with Gasteiger partial charge in [-0.2, -0.15) is 0 Å². The van der Waals surface area contributed by atoms with Crippen LogP contribution in [-0.4, -0.2) is 40.1 Å². The summed E-state index contributed by atoms with van der Waals surface area (Å²) in [5.74, 6) is 0.472. The lowest BCUT2D eigenvalue weighted by atomic mass is 9.77. The number of piperidine rings is 1. The van der Waals surface area contributed by atoms with Gasteiger partial charge in [0.05, 0.1) is 10.6 Å². The van der Waals surface area contributed by atoms with Crippen LogP contribution in [0.2, 0.25) is 0 Å². The van der Waals surface area contributed by atoms with Crippen molar-refractivity contribution in [3.05, 3.63) is 28.8 Å². The van der Waals surface area contributed by atoms with Gasteiger partial charge in [0.15, 0.2) is 5.76 Å². The molecular weight excluding hydrogens is 334 g/mol. The highest BCUT2D eigenvalue weighted by Gasteiger charge is 2.43. The van der Waals surface area contributed by atoms with E-state index in [1.54, 1.807) is 11.3 Å². The summed E-state index contributed by atoms with van der Waals surface area (Å²) in [6.45, 7) is 10.7. The van der Waals surface area contributed by atoms with Crippen LogP contribution in [0.15, 0.2) is 22.0 Å². The second-order valence-corrected chi connectivity index (χ2v) is 9.16. The topological polar surface area (TPSA) is 58.4 Å². The number of rotatable bonds is 3. The van der Waals surface area contributed by atoms with E-state index in [9.17, 15) is 4.79 Å². The maximum atomic E-state index is 13.0. The van der Waals surface area contributed by atoms with Gasteiger partial charge in [-0.1, -0.05) is 11.2 Å². The highest BCUT2D eigenvalue weighted by Crippen LogP contribution is 2.37. The molecule has 1 N–H and O–H groups in total. The molecule has 1 fully saturated rings. The van der Waals surface area contributed by atoms with Crippen molar-refractivity contribution >= 4 is 17.2 Å². The summed E-state index contributed by atoms with van der Waals surface area (Å²) >= 11 is 1.55. The molecule has 0 aliphatic carbocycles. The fourth-order valence-electron chi connectivity index (χ4n) is 3.94. The van der Waals surface area contributed by atoms with Gasteiger partial charge in [-0.05, 0) is 66.0 Å². The zero-order chi connectivity index (χ0) is 18.4. The molecule has 5 nitrogen and oxygen atoms in total. The molecule has 0 radical (unpaired) electrons. The number of amides is 1. The predicted molar refractivity (Wildman–Crippen MR) is 101 cm³/mol. The minimum atomic E-state index is -0.0942. The number of aryl methyl sites for hydroxylation is 1. The molecule has 1 saturated heterocycles. The maximum absolute atomic E-state index is 13.0. The third kappa shape index (κ3) is 3.37. The largest absolute Gasteiger partial charge is 0.354 e. The van der Waals surface area contributed by atoms with Gasteiger partial charge >= 0.3 is 0 Å². The first-order valence-corrected chi connectivity index (χ1v) is 9.55. The molecule has 136 valence electrons. The molecule has 1 aliphatic rings. The van der Waals surface area contributed by atoms with Gasteiger partial charge < -0.3 is 9.84 Å². The van der Waals surface area contributed by atoms with Crippen molar-refractivity contribution in [3.8, 4) is 10.6 Å². The van der Waals surface area contributed by atoms with E-state index in [1.165, 1.54) is 0 Å². The van der Waals surface area contributed by atoms with E-state index in [0.29, 0.717) is 17.0 Å². The lowest BCUT2D eigenvalue weighted by Crippen LogP contribution is -2.62. The molecule has 3 heterocycles. The first kappa shape index (κ1) is 18.1. The van der Waals surface area contributed by atoms with Gasteiger partial charge in [-0.25, -0.2) is 0 Å². The number of thiophene rings is 1.